The molecule has 0 fully saturated rings. The van der Waals surface area contributed by atoms with Crippen molar-refractivity contribution in [2.45, 2.75) is 19.0 Å². The highest BCUT2D eigenvalue weighted by Crippen LogP contribution is 2.40. The van der Waals surface area contributed by atoms with Gasteiger partial charge in [0.15, 0.2) is 0 Å². The lowest BCUT2D eigenvalue weighted by Gasteiger charge is -2.11. The highest BCUT2D eigenvalue weighted by Gasteiger charge is 2.37. The van der Waals surface area contributed by atoms with E-state index in [9.17, 15) is 18.0 Å². The summed E-state index contributed by atoms with van der Waals surface area (Å²) in [5.41, 5.74) is 3.82. The molecular formula is C19H14ClF3O2. The van der Waals surface area contributed by atoms with Gasteiger partial charge in [0.25, 0.3) is 0 Å². The number of hydrogen-bond acceptors (Lipinski definition) is 2. The third-order valence-corrected chi connectivity index (χ3v) is 4.43. The molecular weight excluding hydrogens is 353 g/mol. The number of rotatable bonds is 4. The first-order valence-electron chi connectivity index (χ1n) is 7.55. The van der Waals surface area contributed by atoms with Crippen molar-refractivity contribution in [3.05, 3.63) is 63.7 Å². The zero-order valence-electron chi connectivity index (χ0n) is 13.3. The summed E-state index contributed by atoms with van der Waals surface area (Å²) in [6.07, 6.45) is -3.01. The topological polar surface area (TPSA) is 26.3 Å². The van der Waals surface area contributed by atoms with E-state index in [4.69, 9.17) is 16.3 Å². The van der Waals surface area contributed by atoms with E-state index in [2.05, 4.69) is 0 Å². The second kappa shape index (κ2) is 6.56. The number of benzene rings is 2. The van der Waals surface area contributed by atoms with Crippen LogP contribution in [-0.2, 0) is 17.6 Å². The highest BCUT2D eigenvalue weighted by atomic mass is 35.5. The van der Waals surface area contributed by atoms with Crippen LogP contribution in [0.3, 0.4) is 0 Å². The van der Waals surface area contributed by atoms with Crippen LogP contribution in [0, 0.1) is 0 Å². The molecule has 0 saturated carbocycles. The predicted octanol–water partition coefficient (Wildman–Crippen LogP) is 5.12. The lowest BCUT2D eigenvalue weighted by molar-refractivity contribution is -0.170. The van der Waals surface area contributed by atoms with Crippen molar-refractivity contribution in [3.8, 4) is 5.75 Å². The molecule has 0 aromatic heterocycles. The Labute approximate surface area is 147 Å². The van der Waals surface area contributed by atoms with E-state index in [0.29, 0.717) is 22.8 Å². The zero-order valence-corrected chi connectivity index (χ0v) is 14.0. The number of allylic oxidation sites excluding steroid dienone is 1. The Kier molecular flexibility index (Phi) is 4.60. The Morgan fingerprint density at radius 2 is 2.00 bits per heavy atom. The van der Waals surface area contributed by atoms with Gasteiger partial charge in [0, 0.05) is 12.0 Å². The van der Waals surface area contributed by atoms with Gasteiger partial charge >= 0.3 is 6.18 Å². The molecule has 0 N–H and O–H groups in total. The summed E-state index contributed by atoms with van der Waals surface area (Å²) in [6.45, 7) is 0. The molecule has 0 aliphatic heterocycles. The Morgan fingerprint density at radius 1 is 1.24 bits per heavy atom. The molecule has 0 unspecified atom stereocenters. The number of ketones is 1. The van der Waals surface area contributed by atoms with E-state index in [-0.39, 0.29) is 0 Å². The van der Waals surface area contributed by atoms with E-state index >= 15 is 0 Å². The number of carbonyl (C=O) groups excluding carboxylic acids is 1. The van der Waals surface area contributed by atoms with Crippen LogP contribution in [0.2, 0.25) is 5.02 Å². The maximum atomic E-state index is 12.4. The Morgan fingerprint density at radius 3 is 2.68 bits per heavy atom. The second-order valence-electron chi connectivity index (χ2n) is 5.79. The minimum absolute atomic E-state index is 0.349. The molecule has 0 atom stereocenters. The molecule has 1 aliphatic rings. The van der Waals surface area contributed by atoms with Crippen molar-refractivity contribution >= 4 is 29.0 Å². The average Bonchev–Trinajstić information content (AvgIpc) is 2.96. The predicted molar refractivity (Wildman–Crippen MR) is 90.8 cm³/mol. The summed E-state index contributed by atoms with van der Waals surface area (Å²) < 4.78 is 42.7. The van der Waals surface area contributed by atoms with Crippen LogP contribution in [0.1, 0.15) is 22.3 Å². The number of Topliss-reactive ketones (excluding diaryl/α,β-unsaturated/α-hetero) is 1. The first kappa shape index (κ1) is 17.5. The molecule has 1 aliphatic carbocycles. The van der Waals surface area contributed by atoms with Gasteiger partial charge < -0.3 is 4.74 Å². The van der Waals surface area contributed by atoms with Gasteiger partial charge in [-0.05, 0) is 40.8 Å². The molecule has 3 rings (SSSR count). The van der Waals surface area contributed by atoms with E-state index in [1.807, 2.05) is 6.08 Å². The lowest BCUT2D eigenvalue weighted by atomic mass is 10.00. The van der Waals surface area contributed by atoms with Crippen LogP contribution in [0.5, 0.6) is 5.75 Å². The van der Waals surface area contributed by atoms with Gasteiger partial charge in [0.2, 0.25) is 5.78 Å². The van der Waals surface area contributed by atoms with Crippen LogP contribution < -0.4 is 4.74 Å². The lowest BCUT2D eigenvalue weighted by Crippen LogP contribution is -2.24. The molecule has 0 saturated heterocycles. The van der Waals surface area contributed by atoms with Crippen molar-refractivity contribution in [1.82, 2.24) is 0 Å². The zero-order chi connectivity index (χ0) is 18.2. The maximum Gasteiger partial charge on any atom is 0.450 e. The van der Waals surface area contributed by atoms with Crippen molar-refractivity contribution in [3.63, 3.8) is 0 Å². The molecule has 0 spiro atoms. The number of methoxy groups -OCH3 is 1. The standard InChI is InChI=1S/C19H14ClF3O2/c1-25-16-4-2-3-15(20)18(16)14-9-12-6-5-11(7-13(12)10-14)8-17(24)19(21,22)23/h2-7,9H,8,10H2,1H3. The average molecular weight is 367 g/mol. The number of hydrogen-bond donors (Lipinski definition) is 0. The number of ether oxygens (including phenoxy) is 1. The van der Waals surface area contributed by atoms with Crippen molar-refractivity contribution in [2.24, 2.45) is 0 Å². The smallest absolute Gasteiger partial charge is 0.450 e. The summed E-state index contributed by atoms with van der Waals surface area (Å²) in [7, 11) is 1.55. The molecule has 2 nitrogen and oxygen atoms in total. The Hall–Kier alpha value is -2.27. The second-order valence-corrected chi connectivity index (χ2v) is 6.20. The first-order valence-corrected chi connectivity index (χ1v) is 7.92. The summed E-state index contributed by atoms with van der Waals surface area (Å²) in [4.78, 5) is 11.2. The van der Waals surface area contributed by atoms with Crippen molar-refractivity contribution in [2.75, 3.05) is 7.11 Å². The summed E-state index contributed by atoms with van der Waals surface area (Å²) in [5, 5.41) is 0.547. The number of alkyl halides is 3. The van der Waals surface area contributed by atoms with E-state index in [1.54, 1.807) is 43.5 Å². The van der Waals surface area contributed by atoms with Gasteiger partial charge in [0.1, 0.15) is 5.75 Å². The number of carbonyl (C=O) groups is 1. The fourth-order valence-electron chi connectivity index (χ4n) is 2.94. The van der Waals surface area contributed by atoms with Crippen LogP contribution in [0.25, 0.3) is 11.6 Å². The largest absolute Gasteiger partial charge is 0.496 e. The fourth-order valence-corrected chi connectivity index (χ4v) is 3.23. The van der Waals surface area contributed by atoms with Gasteiger partial charge in [-0.3, -0.25) is 4.79 Å². The maximum absolute atomic E-state index is 12.4. The van der Waals surface area contributed by atoms with Gasteiger partial charge in [-0.15, -0.1) is 0 Å². The normalized spacial score (nSPS) is 13.4. The van der Waals surface area contributed by atoms with Crippen LogP contribution in [-0.4, -0.2) is 19.1 Å². The minimum Gasteiger partial charge on any atom is -0.496 e. The Balaban J connectivity index is 1.87. The van der Waals surface area contributed by atoms with Gasteiger partial charge in [-0.1, -0.05) is 41.9 Å². The molecule has 130 valence electrons. The third kappa shape index (κ3) is 3.56. The molecule has 0 heterocycles. The van der Waals surface area contributed by atoms with E-state index in [1.165, 1.54) is 0 Å². The molecule has 0 amide bonds. The summed E-state index contributed by atoms with van der Waals surface area (Å²) >= 11 is 6.29. The van der Waals surface area contributed by atoms with Crippen LogP contribution in [0.4, 0.5) is 13.2 Å². The number of fused-ring (bicyclic) bond motifs is 1. The summed E-state index contributed by atoms with van der Waals surface area (Å²) in [5.74, 6) is -1.11. The van der Waals surface area contributed by atoms with Crippen molar-refractivity contribution in [1.29, 1.82) is 0 Å². The van der Waals surface area contributed by atoms with Gasteiger partial charge in [-0.25, -0.2) is 0 Å². The SMILES string of the molecule is COc1cccc(Cl)c1C1=Cc2ccc(CC(=O)C(F)(F)F)cc2C1. The number of halogens is 4. The van der Waals surface area contributed by atoms with E-state index < -0.39 is 18.4 Å². The molecule has 0 radical (unpaired) electrons. The molecule has 0 bridgehead atoms. The molecule has 25 heavy (non-hydrogen) atoms. The quantitative estimate of drug-likeness (QED) is 0.750. The highest BCUT2D eigenvalue weighted by molar-refractivity contribution is 6.33. The summed E-state index contributed by atoms with van der Waals surface area (Å²) in [6, 6.07) is 10.3. The molecule has 2 aromatic rings. The Bertz CT molecular complexity index is 869. The van der Waals surface area contributed by atoms with Gasteiger partial charge in [0.05, 0.1) is 12.1 Å². The van der Waals surface area contributed by atoms with Crippen LogP contribution >= 0.6 is 11.6 Å². The van der Waals surface area contributed by atoms with Gasteiger partial charge in [-0.2, -0.15) is 13.2 Å². The van der Waals surface area contributed by atoms with E-state index in [0.717, 1.165) is 22.3 Å². The third-order valence-electron chi connectivity index (χ3n) is 4.12. The fraction of sp³-hybridized carbons (Fsp3) is 0.211. The minimum atomic E-state index is -4.81. The first-order chi connectivity index (χ1) is 11.8. The molecule has 6 heteroatoms. The van der Waals surface area contributed by atoms with Crippen LogP contribution in [0.15, 0.2) is 36.4 Å². The molecule has 2 aromatic carbocycles. The van der Waals surface area contributed by atoms with Crippen molar-refractivity contribution < 1.29 is 22.7 Å². The monoisotopic (exact) mass is 366 g/mol.